The van der Waals surface area contributed by atoms with Gasteiger partial charge in [-0.05, 0) is 0 Å². The summed E-state index contributed by atoms with van der Waals surface area (Å²) in [4.78, 5) is 0. The third kappa shape index (κ3) is 1500. The Kier molecular flexibility index (Phi) is 15900. The molecule has 0 saturated heterocycles. The summed E-state index contributed by atoms with van der Waals surface area (Å²) in [7, 11) is 0. The maximum Gasteiger partial charge on any atom is 0 e. The van der Waals surface area contributed by atoms with Crippen LogP contribution in [0.5, 0.6) is 0 Å². The van der Waals surface area contributed by atoms with E-state index in [-0.39, 0.29) is 2920 Å². The van der Waals surface area contributed by atoms with Crippen molar-refractivity contribution < 1.29 is 2920 Å². The Morgan fingerprint density at radius 1 is 0.00690 bits per heavy atom. The molecule has 0 saturated carbocycles. The first-order valence-corrected chi connectivity index (χ1v) is 0. The predicted octanol–water partition coefficient (Wildman–Crippen LogP) is -0.363. The Labute approximate surface area is 2830 Å². The van der Waals surface area contributed by atoms with Gasteiger partial charge < -0.3 is 0 Å². The van der Waals surface area contributed by atoms with Gasteiger partial charge in [-0.1, -0.05) is 0 Å². The monoisotopic (exact) mass is 28000 g/mol. The van der Waals surface area contributed by atoms with Crippen LogP contribution >= 0.6 is 0 Å². The molecule has 0 aliphatic carbocycles. The van der Waals surface area contributed by atoms with E-state index in [0.717, 1.165) is 0 Å². The van der Waals surface area contributed by atoms with Gasteiger partial charge in [0.25, 0.3) is 0 Å². The molecule has 0 nitrogen and oxygen atoms in total. The van der Waals surface area contributed by atoms with Crippen LogP contribution in [0.4, 0.5) is 0 Å². The predicted molar refractivity (Wildman–Crippen MR) is 0 cm³/mol. The molecule has 0 aromatic rings. The molecule has 0 fully saturated rings. The Bertz CT molecular complexity index is 0. The van der Waals surface area contributed by atoms with Crippen molar-refractivity contribution in [1.82, 2.24) is 0 Å². The van der Waals surface area contributed by atoms with Crippen LogP contribution in [0.15, 0.2) is 0 Å². The van der Waals surface area contributed by atoms with Crippen LogP contribution in [0.25, 0.3) is 0 Å². The zero-order valence-corrected chi connectivity index (χ0v) is 396. The van der Waals surface area contributed by atoms with Crippen LogP contribution in [0.3, 0.4) is 0 Å². The fourth-order valence-corrected chi connectivity index (χ4v) is 0. The van der Waals surface area contributed by atoms with E-state index in [1.54, 1.807) is 0 Å². The van der Waals surface area contributed by atoms with Crippen molar-refractivity contribution in [1.29, 1.82) is 0 Å². The van der Waals surface area contributed by atoms with Gasteiger partial charge in [0, 0.05) is 2920 Å². The van der Waals surface area contributed by atoms with Crippen molar-refractivity contribution in [2.45, 2.75) is 0 Å². The molecule has 0 aromatic heterocycles. The molecule has 145 radical (unpaired) electrons. The molecule has 145 heavy (non-hydrogen) atoms. The Balaban J connectivity index is 0. The summed E-state index contributed by atoms with van der Waals surface area (Å²) < 4.78 is 0. The topological polar surface area (TPSA) is 0 Å². The summed E-state index contributed by atoms with van der Waals surface area (Å²) >= 11 is 0. The van der Waals surface area contributed by atoms with E-state index in [9.17, 15) is 0 Å². The second kappa shape index (κ2) is 1510. The van der Waals surface area contributed by atoms with Crippen LogP contribution in [0, 0.1) is 0 Å². The van der Waals surface area contributed by atoms with Gasteiger partial charge in [-0.25, -0.2) is 0 Å². The maximum atomic E-state index is 0. The summed E-state index contributed by atoms with van der Waals surface area (Å²) in [6, 6.07) is 0. The second-order valence-electron chi connectivity index (χ2n) is 0. The van der Waals surface area contributed by atoms with Crippen LogP contribution in [-0.4, -0.2) is 0 Å². The van der Waals surface area contributed by atoms with E-state index in [1.807, 2.05) is 0 Å². The van der Waals surface area contributed by atoms with Crippen LogP contribution in [0.1, 0.15) is 0 Å². The molecule has 0 N–H and O–H groups in total. The molecule has 0 unspecified atom stereocenters. The third-order valence-corrected chi connectivity index (χ3v) is 0. The van der Waals surface area contributed by atoms with E-state index < -0.39 is 0 Å². The number of rotatable bonds is 0. The van der Waals surface area contributed by atoms with Gasteiger partial charge in [-0.15, -0.1) is 0 Å². The first-order valence-electron chi connectivity index (χ1n) is 0. The van der Waals surface area contributed by atoms with Crippen molar-refractivity contribution >= 4 is 0 Å². The summed E-state index contributed by atoms with van der Waals surface area (Å²) in [5, 5.41) is 0. The SMILES string of the molecule is [Ir].[Ir].[Ir].[Ir].[Ir].[Ir].[Ir].[Ir].[Ir].[Ir].[Ir].[Ir].[Ir].[Ir].[Ir].[Ir].[Ir].[Ir].[Ir].[Ir].[Ir].[Ir].[Ir].[Ir].[Ir].[Ir].[Ir].[Ir].[Ir].[Ir].[Ir].[Ir].[Ir].[Ir].[Ir].[Ir].[Ir].[Ir].[Ir].[Ir].[Ir].[Ir].[Ir].[Ir].[Ir].[Ir].[Ir].[Ir].[Ir].[Ir].[Ir].[Ir].[Ir].[Ir].[Ir].[Ir].[Ir].[Ir].[Ir].[Ir].[Ir].[Ir].[Ir].[Ir].[Ir].[Ir].[Ir].[Ir].[Ir].[Ir].[Ir].[Ir].[Ir].[Ir].[Ir].[Ir].[Ir].[Ir].[Ir].[Ir].[Ir].[Ir].[Ir].[Ir].[Ir].[Ir].[Ir].[Ir].[Ir].[Ir].[Ir].[Ir].[Ir].[Ir].[Ir].[Ir].[Ir].[Ir].[Ir].[Ir].[Ir].[Ir].[Ir].[Ir].[Ir].[Ir].[Ir].[Ir].[Ir].[Ir].[Ir].[Ir].[Ir].[Ir].[Ir].[Ir].[Ir].[Ir].[Ir].[Ir].[Ir].[Ir].[Ir].[Ir].[Ir].[Ir].[Ir].[Ir].[Ir].[Ir].[Ir].[Ir].[Ir].[Ir].[Ir].[Ir].[Ir].[Ir].[Ir].[Ir].[Ir].[Ir].[Ir].[Ir].[Ir]. The molecule has 0 aliphatic rings. The molecule has 145 heteroatoms. The van der Waals surface area contributed by atoms with Gasteiger partial charge in [0.15, 0.2) is 0 Å². The van der Waals surface area contributed by atoms with E-state index in [0.29, 0.717) is 0 Å². The number of hydrogen-bond acceptors (Lipinski definition) is 0. The minimum absolute atomic E-state index is 0. The molecule has 0 spiro atoms. The quantitative estimate of drug-likeness (QED) is 0.312. The van der Waals surface area contributed by atoms with Gasteiger partial charge >= 0.3 is 0 Å². The molecule has 0 atom stereocenters. The molecule has 0 rings (SSSR count). The first-order chi connectivity index (χ1) is 0. The average Bonchev–Trinajstić information content (AvgIpc) is 0. The van der Waals surface area contributed by atoms with Crippen LogP contribution in [-0.2, 0) is 2920 Å². The van der Waals surface area contributed by atoms with Gasteiger partial charge in [0.1, 0.15) is 0 Å². The van der Waals surface area contributed by atoms with Crippen molar-refractivity contribution in [2.75, 3.05) is 0 Å². The van der Waals surface area contributed by atoms with E-state index in [4.69, 9.17) is 0 Å². The second-order valence-corrected chi connectivity index (χ2v) is 0. The molecule has 0 amide bonds. The molecule has 0 heterocycles. The molecule has 0 bridgehead atoms. The minimum Gasteiger partial charge on any atom is 0 e. The number of hydrogen-bond donors (Lipinski definition) is 0. The molecule has 1305 valence electrons. The summed E-state index contributed by atoms with van der Waals surface area (Å²) in [6.07, 6.45) is 0. The average molecular weight is 27900 g/mol. The van der Waals surface area contributed by atoms with Crippen molar-refractivity contribution in [3.8, 4) is 0 Å². The Morgan fingerprint density at radius 3 is 0.00690 bits per heavy atom. The molecule has 0 aliphatic heterocycles. The molecular formula is Ir145. The standard InChI is InChI=1S/145Ir. The first kappa shape index (κ1) is 1530. The van der Waals surface area contributed by atoms with Gasteiger partial charge in [0.05, 0.1) is 0 Å². The largest absolute Gasteiger partial charge is 0 e. The fraction of sp³-hybridized carbons (Fsp3) is 0. The van der Waals surface area contributed by atoms with Gasteiger partial charge in [-0.3, -0.25) is 0 Å². The third-order valence-electron chi connectivity index (χ3n) is 0. The van der Waals surface area contributed by atoms with Crippen LogP contribution < -0.4 is 0 Å². The van der Waals surface area contributed by atoms with Gasteiger partial charge in [-0.2, -0.15) is 0 Å². The minimum atomic E-state index is 0. The molecular weight excluding hydrogens is 27900 g/mol. The zero-order chi connectivity index (χ0) is 0. The Morgan fingerprint density at radius 2 is 0.00690 bits per heavy atom. The van der Waals surface area contributed by atoms with E-state index in [2.05, 4.69) is 0 Å². The smallest absolute Gasteiger partial charge is 0 e. The summed E-state index contributed by atoms with van der Waals surface area (Å²) in [6.45, 7) is 0. The zero-order valence-electron chi connectivity index (χ0n) is 48.3. The van der Waals surface area contributed by atoms with Crippen molar-refractivity contribution in [2.24, 2.45) is 0 Å². The molecule has 0 aromatic carbocycles. The van der Waals surface area contributed by atoms with Gasteiger partial charge in [0.2, 0.25) is 0 Å². The van der Waals surface area contributed by atoms with Crippen molar-refractivity contribution in [3.05, 3.63) is 0 Å². The fourth-order valence-electron chi connectivity index (χ4n) is 0. The van der Waals surface area contributed by atoms with E-state index in [1.165, 1.54) is 0 Å². The van der Waals surface area contributed by atoms with E-state index >= 15 is 0 Å². The maximum absolute atomic E-state index is 0. The normalized spacial score (nSPS) is 0. The summed E-state index contributed by atoms with van der Waals surface area (Å²) in [5.74, 6) is 0. The summed E-state index contributed by atoms with van der Waals surface area (Å²) in [5.41, 5.74) is 0. The van der Waals surface area contributed by atoms with Crippen molar-refractivity contribution in [3.63, 3.8) is 0 Å². The van der Waals surface area contributed by atoms with Crippen LogP contribution in [0.2, 0.25) is 0 Å². The Hall–Kier alpha value is 94.2.